The van der Waals surface area contributed by atoms with E-state index in [1.54, 1.807) is 34.0 Å². The molecule has 0 spiro atoms. The van der Waals surface area contributed by atoms with Gasteiger partial charge in [0.1, 0.15) is 6.61 Å². The summed E-state index contributed by atoms with van der Waals surface area (Å²) in [5.41, 5.74) is 11.1. The van der Waals surface area contributed by atoms with E-state index in [9.17, 15) is 9.59 Å². The van der Waals surface area contributed by atoms with Crippen molar-refractivity contribution in [2.24, 2.45) is 11.5 Å². The van der Waals surface area contributed by atoms with Gasteiger partial charge in [0.25, 0.3) is 0 Å². The minimum Gasteiger partial charge on any atom is -0.367 e. The van der Waals surface area contributed by atoms with Crippen LogP contribution in [0, 0.1) is 0 Å². The van der Waals surface area contributed by atoms with Crippen molar-refractivity contribution in [3.63, 3.8) is 0 Å². The van der Waals surface area contributed by atoms with Gasteiger partial charge in [-0.1, -0.05) is 34.4 Å². The Balaban J connectivity index is 2.00. The molecule has 1 aromatic rings. The Morgan fingerprint density at radius 1 is 0.842 bits per heavy atom. The SMILES string of the molecule is NCCCNCCC(CNCCCN)OCC(=O)NCCCCCCNC(=O)CCSSc1ccncc1. The van der Waals surface area contributed by atoms with E-state index in [1.165, 1.54) is 0 Å². The summed E-state index contributed by atoms with van der Waals surface area (Å²) in [5.74, 6) is 0.791. The lowest BCUT2D eigenvalue weighted by Gasteiger charge is -2.19. The van der Waals surface area contributed by atoms with Crippen molar-refractivity contribution in [2.45, 2.75) is 62.4 Å². The van der Waals surface area contributed by atoms with Crippen molar-refractivity contribution in [1.82, 2.24) is 26.3 Å². The van der Waals surface area contributed by atoms with Gasteiger partial charge in [-0.05, 0) is 77.0 Å². The van der Waals surface area contributed by atoms with Gasteiger partial charge in [0.05, 0.1) is 6.10 Å². The summed E-state index contributed by atoms with van der Waals surface area (Å²) in [7, 11) is 3.34. The third-order valence-electron chi connectivity index (χ3n) is 5.55. The molecule has 0 aromatic carbocycles. The zero-order valence-corrected chi connectivity index (χ0v) is 24.4. The molecule has 0 saturated heterocycles. The molecule has 0 aliphatic rings. The van der Waals surface area contributed by atoms with E-state index in [4.69, 9.17) is 16.2 Å². The van der Waals surface area contributed by atoms with Crippen molar-refractivity contribution < 1.29 is 14.3 Å². The minimum atomic E-state index is -0.0831. The smallest absolute Gasteiger partial charge is 0.246 e. The molecule has 0 aliphatic heterocycles. The molecule has 38 heavy (non-hydrogen) atoms. The fourth-order valence-corrected chi connectivity index (χ4v) is 5.34. The van der Waals surface area contributed by atoms with Crippen molar-refractivity contribution in [1.29, 1.82) is 0 Å². The average Bonchev–Trinajstić information content (AvgIpc) is 2.93. The predicted molar refractivity (Wildman–Crippen MR) is 159 cm³/mol. The number of unbranched alkanes of at least 4 members (excludes halogenated alkanes) is 3. The monoisotopic (exact) mass is 571 g/mol. The van der Waals surface area contributed by atoms with E-state index < -0.39 is 0 Å². The van der Waals surface area contributed by atoms with E-state index in [-0.39, 0.29) is 24.5 Å². The van der Waals surface area contributed by atoms with Crippen LogP contribution in [0.1, 0.15) is 51.4 Å². The summed E-state index contributed by atoms with van der Waals surface area (Å²) in [6, 6.07) is 3.92. The highest BCUT2D eigenvalue weighted by molar-refractivity contribution is 8.76. The lowest BCUT2D eigenvalue weighted by atomic mass is 10.2. The summed E-state index contributed by atoms with van der Waals surface area (Å²) in [4.78, 5) is 29.3. The van der Waals surface area contributed by atoms with E-state index in [2.05, 4.69) is 26.3 Å². The molecule has 0 radical (unpaired) electrons. The first-order valence-corrected chi connectivity index (χ1v) is 16.1. The lowest BCUT2D eigenvalue weighted by Crippen LogP contribution is -2.37. The molecule has 1 heterocycles. The number of hydrogen-bond acceptors (Lipinski definition) is 10. The molecule has 1 rings (SSSR count). The molecule has 1 aromatic heterocycles. The van der Waals surface area contributed by atoms with Crippen LogP contribution >= 0.6 is 21.6 Å². The number of aromatic nitrogens is 1. The zero-order chi connectivity index (χ0) is 27.5. The Kier molecular flexibility index (Phi) is 23.5. The number of pyridine rings is 1. The lowest BCUT2D eigenvalue weighted by molar-refractivity contribution is -0.127. The van der Waals surface area contributed by atoms with Gasteiger partial charge >= 0.3 is 0 Å². The molecule has 0 fully saturated rings. The largest absolute Gasteiger partial charge is 0.367 e. The third kappa shape index (κ3) is 21.5. The van der Waals surface area contributed by atoms with Crippen molar-refractivity contribution in [3.05, 3.63) is 24.5 Å². The van der Waals surface area contributed by atoms with E-state index in [1.807, 2.05) is 12.1 Å². The number of ether oxygens (including phenoxy) is 1. The second-order valence-corrected chi connectivity index (χ2v) is 11.4. The quantitative estimate of drug-likeness (QED) is 0.0714. The molecular formula is C26H49N7O3S2. The first kappa shape index (κ1) is 34.6. The highest BCUT2D eigenvalue weighted by Crippen LogP contribution is 2.30. The van der Waals surface area contributed by atoms with Gasteiger partial charge in [0.2, 0.25) is 11.8 Å². The number of amides is 2. The Bertz CT molecular complexity index is 705. The molecule has 0 saturated carbocycles. The highest BCUT2D eigenvalue weighted by Gasteiger charge is 2.11. The van der Waals surface area contributed by atoms with Gasteiger partial charge in [-0.15, -0.1) is 0 Å². The Labute approximate surface area is 236 Å². The molecule has 0 bridgehead atoms. The molecule has 8 N–H and O–H groups in total. The van der Waals surface area contributed by atoms with Crippen LogP contribution in [0.2, 0.25) is 0 Å². The highest BCUT2D eigenvalue weighted by atomic mass is 33.1. The standard InChI is InChI=1S/C26H49N7O3S2/c27-11-5-13-29-17-7-23(21-31-14-6-12-28)36-22-26(35)33-16-4-2-1-3-15-32-25(34)10-20-37-38-24-8-18-30-19-9-24/h8-9,18-19,23,29,31H,1-7,10-17,20-22,27-28H2,(H,32,34)(H,33,35). The number of rotatable bonds is 26. The van der Waals surface area contributed by atoms with Crippen molar-refractivity contribution in [3.8, 4) is 0 Å². The second kappa shape index (κ2) is 25.8. The van der Waals surface area contributed by atoms with Crippen molar-refractivity contribution in [2.75, 3.05) is 64.7 Å². The molecular weight excluding hydrogens is 522 g/mol. The maximum absolute atomic E-state index is 12.2. The Morgan fingerprint density at radius 2 is 1.50 bits per heavy atom. The summed E-state index contributed by atoms with van der Waals surface area (Å²) in [6.07, 6.45) is 10.6. The van der Waals surface area contributed by atoms with E-state index in [0.717, 1.165) is 75.2 Å². The topological polar surface area (TPSA) is 156 Å². The van der Waals surface area contributed by atoms with Crippen LogP contribution in [-0.2, 0) is 14.3 Å². The fourth-order valence-electron chi connectivity index (χ4n) is 3.38. The van der Waals surface area contributed by atoms with Crippen molar-refractivity contribution >= 4 is 33.4 Å². The van der Waals surface area contributed by atoms with Crippen LogP contribution in [0.4, 0.5) is 0 Å². The maximum Gasteiger partial charge on any atom is 0.246 e. The van der Waals surface area contributed by atoms with Gasteiger partial charge in [-0.3, -0.25) is 14.6 Å². The normalized spacial score (nSPS) is 11.8. The predicted octanol–water partition coefficient (Wildman–Crippen LogP) is 1.66. The van der Waals surface area contributed by atoms with Crippen LogP contribution in [0.5, 0.6) is 0 Å². The number of nitrogens with two attached hydrogens (primary N) is 2. The van der Waals surface area contributed by atoms with Gasteiger partial charge in [-0.25, -0.2) is 0 Å². The molecule has 10 nitrogen and oxygen atoms in total. The van der Waals surface area contributed by atoms with Gasteiger partial charge in [0, 0.05) is 49.1 Å². The van der Waals surface area contributed by atoms with Crippen LogP contribution < -0.4 is 32.7 Å². The summed E-state index contributed by atoms with van der Waals surface area (Å²) < 4.78 is 5.86. The molecule has 0 aliphatic carbocycles. The molecule has 1 atom stereocenters. The van der Waals surface area contributed by atoms with Crippen LogP contribution in [0.3, 0.4) is 0 Å². The number of carbonyl (C=O) groups is 2. The number of carbonyl (C=O) groups excluding carboxylic acids is 2. The number of nitrogens with one attached hydrogen (secondary N) is 4. The van der Waals surface area contributed by atoms with Crippen LogP contribution in [0.15, 0.2) is 29.4 Å². The van der Waals surface area contributed by atoms with Gasteiger partial charge in [0.15, 0.2) is 0 Å². The molecule has 12 heteroatoms. The third-order valence-corrected chi connectivity index (χ3v) is 7.93. The first-order valence-electron chi connectivity index (χ1n) is 13.8. The summed E-state index contributed by atoms with van der Waals surface area (Å²) in [6.45, 7) is 6.00. The Hall–Kier alpha value is -1.41. The number of hydrogen-bond donors (Lipinski definition) is 6. The van der Waals surface area contributed by atoms with Crippen LogP contribution in [0.25, 0.3) is 0 Å². The summed E-state index contributed by atoms with van der Waals surface area (Å²) in [5, 5.41) is 12.6. The van der Waals surface area contributed by atoms with Crippen LogP contribution in [-0.4, -0.2) is 87.6 Å². The average molecular weight is 572 g/mol. The van der Waals surface area contributed by atoms with E-state index >= 15 is 0 Å². The fraction of sp³-hybridized carbons (Fsp3) is 0.731. The maximum atomic E-state index is 12.2. The second-order valence-electron chi connectivity index (χ2n) is 8.91. The van der Waals surface area contributed by atoms with E-state index in [0.29, 0.717) is 39.1 Å². The van der Waals surface area contributed by atoms with Gasteiger partial charge < -0.3 is 37.5 Å². The Morgan fingerprint density at radius 3 is 2.18 bits per heavy atom. The first-order chi connectivity index (χ1) is 18.7. The molecule has 2 amide bonds. The zero-order valence-electron chi connectivity index (χ0n) is 22.8. The minimum absolute atomic E-state index is 0.0297. The summed E-state index contributed by atoms with van der Waals surface area (Å²) >= 11 is 0. The molecule has 218 valence electrons. The molecule has 1 unspecified atom stereocenters. The van der Waals surface area contributed by atoms with Gasteiger partial charge in [-0.2, -0.15) is 0 Å². The number of nitrogens with zero attached hydrogens (tertiary/aromatic N) is 1.